The van der Waals surface area contributed by atoms with Crippen LogP contribution in [0, 0.1) is 11.8 Å². The van der Waals surface area contributed by atoms with Gasteiger partial charge in [0.15, 0.2) is 0 Å². The van der Waals surface area contributed by atoms with Crippen molar-refractivity contribution in [2.24, 2.45) is 11.8 Å². The monoisotopic (exact) mass is 381 g/mol. The van der Waals surface area contributed by atoms with Gasteiger partial charge < -0.3 is 10.6 Å². The van der Waals surface area contributed by atoms with Gasteiger partial charge in [-0.15, -0.1) is 24.8 Å². The van der Waals surface area contributed by atoms with Crippen molar-refractivity contribution in [1.82, 2.24) is 15.5 Å². The molecule has 1 aromatic heterocycles. The smallest absolute Gasteiger partial charge is 0.223 e. The Bertz CT molecular complexity index is 437. The molecule has 7 heteroatoms. The number of hydrogen-bond donors (Lipinski definition) is 2. The summed E-state index contributed by atoms with van der Waals surface area (Å²) >= 11 is 1.72. The zero-order chi connectivity index (χ0) is 15.2. The first-order chi connectivity index (χ1) is 10.2. The van der Waals surface area contributed by atoms with Gasteiger partial charge in [0.05, 0.1) is 6.04 Å². The molecule has 0 aromatic carbocycles. The molecule has 1 aliphatic heterocycles. The van der Waals surface area contributed by atoms with Crippen LogP contribution in [0.3, 0.4) is 0 Å². The van der Waals surface area contributed by atoms with E-state index in [1.807, 2.05) is 6.92 Å². The number of nitrogens with one attached hydrogen (secondary N) is 2. The summed E-state index contributed by atoms with van der Waals surface area (Å²) in [7, 11) is 0. The number of thiophene rings is 1. The number of carbonyl (C=O) groups is 1. The van der Waals surface area contributed by atoms with Crippen molar-refractivity contribution in [3.8, 4) is 0 Å². The topological polar surface area (TPSA) is 44.4 Å². The van der Waals surface area contributed by atoms with Crippen molar-refractivity contribution in [1.29, 1.82) is 0 Å². The summed E-state index contributed by atoms with van der Waals surface area (Å²) in [5.41, 5.74) is 1.31. The summed E-state index contributed by atoms with van der Waals surface area (Å²) in [6, 6.07) is 2.45. The van der Waals surface area contributed by atoms with E-state index in [9.17, 15) is 4.79 Å². The van der Waals surface area contributed by atoms with Crippen molar-refractivity contribution in [2.45, 2.75) is 26.8 Å². The third-order valence-electron chi connectivity index (χ3n) is 4.58. The lowest BCUT2D eigenvalue weighted by Gasteiger charge is -2.33. The van der Waals surface area contributed by atoms with Gasteiger partial charge in [0, 0.05) is 12.5 Å². The van der Waals surface area contributed by atoms with Crippen LogP contribution in [0.1, 0.15) is 32.4 Å². The van der Waals surface area contributed by atoms with Gasteiger partial charge in [-0.05, 0) is 54.5 Å². The summed E-state index contributed by atoms with van der Waals surface area (Å²) in [4.78, 5) is 14.7. The Hall–Kier alpha value is -0.330. The van der Waals surface area contributed by atoms with Crippen LogP contribution in [-0.2, 0) is 4.79 Å². The highest BCUT2D eigenvalue weighted by Crippen LogP contribution is 2.23. The van der Waals surface area contributed by atoms with Crippen molar-refractivity contribution >= 4 is 42.1 Å². The van der Waals surface area contributed by atoms with E-state index in [0.717, 1.165) is 26.2 Å². The first-order valence-electron chi connectivity index (χ1n) is 7.91. The lowest BCUT2D eigenvalue weighted by atomic mass is 9.88. The van der Waals surface area contributed by atoms with Crippen LogP contribution in [-0.4, -0.2) is 43.5 Å². The second kappa shape index (κ2) is 11.3. The molecular weight excluding hydrogens is 353 g/mol. The van der Waals surface area contributed by atoms with Gasteiger partial charge in [-0.1, -0.05) is 20.8 Å². The first kappa shape index (κ1) is 22.7. The van der Waals surface area contributed by atoms with Crippen LogP contribution in [0.2, 0.25) is 0 Å². The molecule has 2 rings (SSSR count). The second-order valence-electron chi connectivity index (χ2n) is 5.75. The number of likely N-dealkylation sites (N-methyl/N-ethyl adjacent to an activating group) is 1. The quantitative estimate of drug-likeness (QED) is 0.727. The Morgan fingerprint density at radius 3 is 2.48 bits per heavy atom. The number of amides is 1. The maximum Gasteiger partial charge on any atom is 0.223 e. The molecule has 4 nitrogen and oxygen atoms in total. The fraction of sp³-hybridized carbons (Fsp3) is 0.688. The lowest BCUT2D eigenvalue weighted by Crippen LogP contribution is -2.50. The minimum absolute atomic E-state index is 0. The molecule has 2 atom stereocenters. The Morgan fingerprint density at radius 2 is 2.04 bits per heavy atom. The van der Waals surface area contributed by atoms with E-state index in [-0.39, 0.29) is 42.7 Å². The predicted molar refractivity (Wildman–Crippen MR) is 103 cm³/mol. The molecule has 2 N–H and O–H groups in total. The molecule has 1 fully saturated rings. The van der Waals surface area contributed by atoms with Crippen molar-refractivity contribution in [3.05, 3.63) is 22.4 Å². The molecule has 0 bridgehead atoms. The van der Waals surface area contributed by atoms with Gasteiger partial charge >= 0.3 is 0 Å². The maximum absolute atomic E-state index is 12.3. The van der Waals surface area contributed by atoms with E-state index in [0.29, 0.717) is 12.5 Å². The molecule has 1 aliphatic rings. The molecule has 1 amide bonds. The number of carbonyl (C=O) groups excluding carboxylic acids is 1. The molecule has 2 unspecified atom stereocenters. The molecular formula is C16H29Cl2N3OS. The second-order valence-corrected chi connectivity index (χ2v) is 6.53. The Labute approximate surface area is 156 Å². The zero-order valence-electron chi connectivity index (χ0n) is 14.1. The summed E-state index contributed by atoms with van der Waals surface area (Å²) < 4.78 is 0. The van der Waals surface area contributed by atoms with Crippen LogP contribution in [0.5, 0.6) is 0 Å². The molecule has 1 saturated heterocycles. The van der Waals surface area contributed by atoms with E-state index >= 15 is 0 Å². The molecule has 134 valence electrons. The summed E-state index contributed by atoms with van der Waals surface area (Å²) in [6.07, 6.45) is 0. The number of hydrogen-bond acceptors (Lipinski definition) is 4. The summed E-state index contributed by atoms with van der Waals surface area (Å²) in [5, 5.41) is 10.7. The highest BCUT2D eigenvalue weighted by molar-refractivity contribution is 7.07. The molecule has 1 aromatic rings. The zero-order valence-corrected chi connectivity index (χ0v) is 16.5. The fourth-order valence-corrected chi connectivity index (χ4v) is 3.53. The molecule has 0 saturated carbocycles. The van der Waals surface area contributed by atoms with Crippen LogP contribution in [0.4, 0.5) is 0 Å². The van der Waals surface area contributed by atoms with E-state index in [2.05, 4.69) is 46.2 Å². The van der Waals surface area contributed by atoms with E-state index in [1.165, 1.54) is 5.56 Å². The van der Waals surface area contributed by atoms with Gasteiger partial charge in [0.1, 0.15) is 0 Å². The number of halogens is 2. The van der Waals surface area contributed by atoms with Crippen LogP contribution in [0.25, 0.3) is 0 Å². The first-order valence-corrected chi connectivity index (χ1v) is 8.86. The van der Waals surface area contributed by atoms with Gasteiger partial charge in [-0.2, -0.15) is 11.3 Å². The van der Waals surface area contributed by atoms with Crippen LogP contribution < -0.4 is 10.6 Å². The minimum Gasteiger partial charge on any atom is -0.354 e. The van der Waals surface area contributed by atoms with E-state index in [1.54, 1.807) is 11.3 Å². The minimum atomic E-state index is 0. The maximum atomic E-state index is 12.3. The molecule has 0 aliphatic carbocycles. The lowest BCUT2D eigenvalue weighted by molar-refractivity contribution is -0.127. The molecule has 2 heterocycles. The fourth-order valence-electron chi connectivity index (χ4n) is 2.82. The van der Waals surface area contributed by atoms with Gasteiger partial charge in [0.25, 0.3) is 0 Å². The van der Waals surface area contributed by atoms with Gasteiger partial charge in [-0.3, -0.25) is 9.69 Å². The third kappa shape index (κ3) is 5.91. The van der Waals surface area contributed by atoms with Gasteiger partial charge in [-0.25, -0.2) is 0 Å². The normalized spacial score (nSPS) is 16.7. The van der Waals surface area contributed by atoms with Crippen LogP contribution in [0.15, 0.2) is 16.8 Å². The largest absolute Gasteiger partial charge is 0.354 e. The Balaban J connectivity index is 0.00000242. The summed E-state index contributed by atoms with van der Waals surface area (Å²) in [6.45, 7) is 11.0. The van der Waals surface area contributed by atoms with Crippen molar-refractivity contribution in [2.75, 3.05) is 32.7 Å². The Morgan fingerprint density at radius 1 is 1.39 bits per heavy atom. The van der Waals surface area contributed by atoms with Crippen molar-refractivity contribution in [3.63, 3.8) is 0 Å². The summed E-state index contributed by atoms with van der Waals surface area (Å²) in [5.74, 6) is 0.790. The SMILES string of the molecule is CCN(CC)C(CNC(=O)C(C)C1CNC1)c1ccsc1.Cl.Cl. The van der Waals surface area contributed by atoms with Crippen molar-refractivity contribution < 1.29 is 4.79 Å². The third-order valence-corrected chi connectivity index (χ3v) is 5.29. The van der Waals surface area contributed by atoms with Gasteiger partial charge in [0.2, 0.25) is 5.91 Å². The standard InChI is InChI=1S/C16H27N3OS.2ClH/c1-4-19(5-2)15(13-6-7-21-11-13)10-18-16(20)12(3)14-8-17-9-14;;/h6-7,11-12,14-15,17H,4-5,8-10H2,1-3H3,(H,18,20);2*1H. The highest BCUT2D eigenvalue weighted by Gasteiger charge is 2.29. The highest BCUT2D eigenvalue weighted by atomic mass is 35.5. The average molecular weight is 382 g/mol. The average Bonchev–Trinajstić information content (AvgIpc) is 2.94. The molecule has 23 heavy (non-hydrogen) atoms. The molecule has 0 radical (unpaired) electrons. The Kier molecular flexibility index (Phi) is 11.1. The van der Waals surface area contributed by atoms with Crippen LogP contribution >= 0.6 is 36.2 Å². The molecule has 0 spiro atoms. The predicted octanol–water partition coefficient (Wildman–Crippen LogP) is 2.95. The van der Waals surface area contributed by atoms with E-state index in [4.69, 9.17) is 0 Å². The number of rotatable bonds is 8. The van der Waals surface area contributed by atoms with E-state index < -0.39 is 0 Å². The number of nitrogens with zero attached hydrogens (tertiary/aromatic N) is 1.